The summed E-state index contributed by atoms with van der Waals surface area (Å²) in [5, 5.41) is 0. The van der Waals surface area contributed by atoms with Crippen LogP contribution in [-0.2, 0) is 0 Å². The Morgan fingerprint density at radius 3 is 2.77 bits per heavy atom. The van der Waals surface area contributed by atoms with E-state index in [0.29, 0.717) is 4.60 Å². The van der Waals surface area contributed by atoms with Crippen molar-refractivity contribution in [3.8, 4) is 0 Å². The molecule has 0 amide bonds. The Hall–Kier alpha value is -1.29. The molecular weight excluding hydrogens is 232 g/mol. The van der Waals surface area contributed by atoms with Crippen LogP contribution in [0, 0.1) is 0 Å². The molecule has 0 saturated heterocycles. The molecule has 2 heterocycles. The Bertz CT molecular complexity index is 518. The van der Waals surface area contributed by atoms with Crippen LogP contribution in [0.1, 0.15) is 0 Å². The summed E-state index contributed by atoms with van der Waals surface area (Å²) in [5.41, 5.74) is 6.39. The fourth-order valence-corrected chi connectivity index (χ4v) is 1.74. The summed E-state index contributed by atoms with van der Waals surface area (Å²) >= 11 is 3.29. The third kappa shape index (κ3) is 1.23. The van der Waals surface area contributed by atoms with Gasteiger partial charge in [0.1, 0.15) is 0 Å². The van der Waals surface area contributed by atoms with Gasteiger partial charge in [-0.2, -0.15) is 0 Å². The largest absolute Gasteiger partial charge is 0.394 e. The summed E-state index contributed by atoms with van der Waals surface area (Å²) in [7, 11) is 0. The van der Waals surface area contributed by atoms with Gasteiger partial charge in [0.25, 0.3) is 5.56 Å². The lowest BCUT2D eigenvalue weighted by molar-refractivity contribution is 1.07. The predicted octanol–water partition coefficient (Wildman–Crippen LogP) is 1.64. The van der Waals surface area contributed by atoms with Crippen LogP contribution in [0.4, 0.5) is 5.69 Å². The molecule has 0 atom stereocenters. The highest BCUT2D eigenvalue weighted by molar-refractivity contribution is 9.10. The minimum absolute atomic E-state index is 0.190. The lowest BCUT2D eigenvalue weighted by atomic mass is 10.3. The van der Waals surface area contributed by atoms with Crippen molar-refractivity contribution in [1.29, 1.82) is 0 Å². The molecule has 0 bridgehead atoms. The first-order valence-corrected chi connectivity index (χ1v) is 4.55. The average molecular weight is 239 g/mol. The maximum Gasteiger partial charge on any atom is 0.279 e. The summed E-state index contributed by atoms with van der Waals surface area (Å²) in [5.74, 6) is 0. The first kappa shape index (κ1) is 8.31. The van der Waals surface area contributed by atoms with Gasteiger partial charge < -0.3 is 5.73 Å². The second kappa shape index (κ2) is 2.88. The molecule has 0 aromatic carbocycles. The molecule has 0 saturated carbocycles. The van der Waals surface area contributed by atoms with Crippen LogP contribution >= 0.6 is 15.9 Å². The topological polar surface area (TPSA) is 47.5 Å². The number of rotatable bonds is 0. The molecule has 0 radical (unpaired) electrons. The van der Waals surface area contributed by atoms with Crippen molar-refractivity contribution in [1.82, 2.24) is 4.40 Å². The first-order valence-electron chi connectivity index (χ1n) is 3.76. The summed E-state index contributed by atoms with van der Waals surface area (Å²) in [6, 6.07) is 8.94. The SMILES string of the molecule is Nc1ccc2cccc(Br)n2c1=O. The number of fused-ring (bicyclic) bond motifs is 1. The fraction of sp³-hybridized carbons (Fsp3) is 0. The number of nitrogens with two attached hydrogens (primary N) is 1. The van der Waals surface area contributed by atoms with E-state index < -0.39 is 0 Å². The van der Waals surface area contributed by atoms with Crippen LogP contribution in [-0.4, -0.2) is 4.40 Å². The zero-order chi connectivity index (χ0) is 9.42. The molecule has 66 valence electrons. The quantitative estimate of drug-likeness (QED) is 0.710. The predicted molar refractivity (Wildman–Crippen MR) is 55.8 cm³/mol. The zero-order valence-corrected chi connectivity index (χ0v) is 8.28. The van der Waals surface area contributed by atoms with E-state index in [9.17, 15) is 4.79 Å². The van der Waals surface area contributed by atoms with Gasteiger partial charge in [0.15, 0.2) is 0 Å². The Morgan fingerprint density at radius 2 is 2.00 bits per heavy atom. The summed E-state index contributed by atoms with van der Waals surface area (Å²) in [6.07, 6.45) is 0. The number of aromatic nitrogens is 1. The second-order valence-electron chi connectivity index (χ2n) is 2.70. The van der Waals surface area contributed by atoms with Crippen LogP contribution in [0.2, 0.25) is 0 Å². The van der Waals surface area contributed by atoms with Crippen molar-refractivity contribution in [2.24, 2.45) is 0 Å². The van der Waals surface area contributed by atoms with E-state index in [1.54, 1.807) is 12.1 Å². The molecule has 3 nitrogen and oxygen atoms in total. The summed E-state index contributed by atoms with van der Waals surface area (Å²) in [6.45, 7) is 0. The molecule has 13 heavy (non-hydrogen) atoms. The van der Waals surface area contributed by atoms with E-state index >= 15 is 0 Å². The lowest BCUT2D eigenvalue weighted by Gasteiger charge is -2.03. The van der Waals surface area contributed by atoms with Crippen molar-refractivity contribution in [2.45, 2.75) is 0 Å². The van der Waals surface area contributed by atoms with Crippen molar-refractivity contribution in [3.63, 3.8) is 0 Å². The van der Waals surface area contributed by atoms with Gasteiger partial charge in [0, 0.05) is 5.52 Å². The average Bonchev–Trinajstić information content (AvgIpc) is 2.12. The number of nitrogen functional groups attached to an aromatic ring is 1. The molecule has 0 unspecified atom stereocenters. The second-order valence-corrected chi connectivity index (χ2v) is 3.52. The smallest absolute Gasteiger partial charge is 0.279 e. The van der Waals surface area contributed by atoms with Crippen LogP contribution in [0.5, 0.6) is 0 Å². The van der Waals surface area contributed by atoms with Gasteiger partial charge in [0.2, 0.25) is 0 Å². The maximum absolute atomic E-state index is 11.6. The van der Waals surface area contributed by atoms with E-state index in [4.69, 9.17) is 5.73 Å². The molecule has 0 spiro atoms. The Kier molecular flexibility index (Phi) is 1.84. The number of nitrogens with zero attached hydrogens (tertiary/aromatic N) is 1. The number of hydrogen-bond donors (Lipinski definition) is 1. The Morgan fingerprint density at radius 1 is 1.23 bits per heavy atom. The first-order chi connectivity index (χ1) is 6.20. The Labute approximate surface area is 82.9 Å². The number of anilines is 1. The molecule has 0 aliphatic carbocycles. The van der Waals surface area contributed by atoms with Gasteiger partial charge in [-0.25, -0.2) is 0 Å². The molecule has 4 heteroatoms. The maximum atomic E-state index is 11.6. The van der Waals surface area contributed by atoms with E-state index in [2.05, 4.69) is 15.9 Å². The molecule has 0 aliphatic heterocycles. The lowest BCUT2D eigenvalue weighted by Crippen LogP contribution is -2.17. The van der Waals surface area contributed by atoms with Crippen LogP contribution in [0.3, 0.4) is 0 Å². The van der Waals surface area contributed by atoms with Crippen molar-refractivity contribution in [3.05, 3.63) is 45.3 Å². The van der Waals surface area contributed by atoms with Crippen LogP contribution in [0.15, 0.2) is 39.7 Å². The molecule has 0 aliphatic rings. The van der Waals surface area contributed by atoms with E-state index in [1.807, 2.05) is 18.2 Å². The van der Waals surface area contributed by atoms with Gasteiger partial charge >= 0.3 is 0 Å². The minimum Gasteiger partial charge on any atom is -0.394 e. The van der Waals surface area contributed by atoms with Gasteiger partial charge in [-0.05, 0) is 40.2 Å². The highest BCUT2D eigenvalue weighted by Crippen LogP contribution is 2.11. The summed E-state index contributed by atoms with van der Waals surface area (Å²) < 4.78 is 2.23. The van der Waals surface area contributed by atoms with Gasteiger partial charge in [0.05, 0.1) is 10.3 Å². The van der Waals surface area contributed by atoms with Crippen molar-refractivity contribution in [2.75, 3.05) is 5.73 Å². The standard InChI is InChI=1S/C9H7BrN2O/c10-8-3-1-2-6-4-5-7(11)9(13)12(6)8/h1-5H,11H2. The number of halogens is 1. The molecule has 2 N–H and O–H groups in total. The third-order valence-electron chi connectivity index (χ3n) is 1.86. The van der Waals surface area contributed by atoms with E-state index in [0.717, 1.165) is 5.52 Å². The molecule has 2 rings (SSSR count). The van der Waals surface area contributed by atoms with Gasteiger partial charge in [-0.1, -0.05) is 6.07 Å². The molecular formula is C9H7BrN2O. The molecule has 2 aromatic rings. The number of hydrogen-bond acceptors (Lipinski definition) is 2. The zero-order valence-electron chi connectivity index (χ0n) is 6.70. The molecule has 2 aromatic heterocycles. The number of pyridine rings is 2. The minimum atomic E-state index is -0.190. The Balaban J connectivity index is 3.06. The van der Waals surface area contributed by atoms with Crippen molar-refractivity contribution >= 4 is 27.1 Å². The molecule has 0 fully saturated rings. The third-order valence-corrected chi connectivity index (χ3v) is 2.48. The van der Waals surface area contributed by atoms with Gasteiger partial charge in [-0.15, -0.1) is 0 Å². The monoisotopic (exact) mass is 238 g/mol. The van der Waals surface area contributed by atoms with E-state index in [1.165, 1.54) is 4.40 Å². The van der Waals surface area contributed by atoms with E-state index in [-0.39, 0.29) is 11.2 Å². The summed E-state index contributed by atoms with van der Waals surface area (Å²) in [4.78, 5) is 11.6. The van der Waals surface area contributed by atoms with Crippen molar-refractivity contribution < 1.29 is 0 Å². The normalized spacial score (nSPS) is 10.5. The van der Waals surface area contributed by atoms with Crippen LogP contribution < -0.4 is 11.3 Å². The fourth-order valence-electron chi connectivity index (χ4n) is 1.22. The highest BCUT2D eigenvalue weighted by Gasteiger charge is 2.01. The highest BCUT2D eigenvalue weighted by atomic mass is 79.9. The van der Waals surface area contributed by atoms with Gasteiger partial charge in [-0.3, -0.25) is 9.20 Å². The van der Waals surface area contributed by atoms with Crippen LogP contribution in [0.25, 0.3) is 5.52 Å².